The van der Waals surface area contributed by atoms with Crippen LogP contribution >= 0.6 is 15.9 Å². The number of hydrogen-bond acceptors (Lipinski definition) is 7. The molecule has 3 rings (SSSR count). The fourth-order valence-corrected chi connectivity index (χ4v) is 3.88. The Hall–Kier alpha value is -2.26. The molecule has 5 N–H and O–H groups in total. The summed E-state index contributed by atoms with van der Waals surface area (Å²) in [6.07, 6.45) is 4.29. The molecular formula is C18H23BrN6O2. The van der Waals surface area contributed by atoms with E-state index in [1.54, 1.807) is 0 Å². The zero-order valence-corrected chi connectivity index (χ0v) is 16.5. The van der Waals surface area contributed by atoms with Crippen molar-refractivity contribution in [3.8, 4) is 0 Å². The maximum absolute atomic E-state index is 11.5. The zero-order chi connectivity index (χ0) is 19.4. The lowest BCUT2D eigenvalue weighted by atomic mass is 9.83. The number of anilines is 2. The quantitative estimate of drug-likeness (QED) is 0.468. The van der Waals surface area contributed by atoms with Crippen LogP contribution in [0, 0.1) is 16.0 Å². The molecule has 8 nitrogen and oxygen atoms in total. The number of aromatic nitrogens is 2. The average Bonchev–Trinajstić information content (AvgIpc) is 2.61. The van der Waals surface area contributed by atoms with E-state index in [1.807, 2.05) is 24.3 Å². The highest BCUT2D eigenvalue weighted by molar-refractivity contribution is 9.10. The van der Waals surface area contributed by atoms with Gasteiger partial charge in [-0.2, -0.15) is 4.98 Å². The van der Waals surface area contributed by atoms with Gasteiger partial charge in [-0.15, -0.1) is 0 Å². The van der Waals surface area contributed by atoms with E-state index in [-0.39, 0.29) is 17.5 Å². The molecule has 0 unspecified atom stereocenters. The minimum atomic E-state index is -0.489. The molecule has 1 aromatic heterocycles. The summed E-state index contributed by atoms with van der Waals surface area (Å²) in [5, 5.41) is 14.6. The van der Waals surface area contributed by atoms with Crippen molar-refractivity contribution in [3.63, 3.8) is 0 Å². The highest BCUT2D eigenvalue weighted by Gasteiger charge is 2.27. The summed E-state index contributed by atoms with van der Waals surface area (Å²) in [5.74, 6) is 0.533. The maximum atomic E-state index is 11.5. The Morgan fingerprint density at radius 1 is 1.26 bits per heavy atom. The van der Waals surface area contributed by atoms with E-state index in [0.29, 0.717) is 30.5 Å². The average molecular weight is 435 g/mol. The molecule has 1 aliphatic rings. The van der Waals surface area contributed by atoms with Crippen LogP contribution in [-0.4, -0.2) is 20.9 Å². The van der Waals surface area contributed by atoms with E-state index in [9.17, 15) is 10.1 Å². The second-order valence-electron chi connectivity index (χ2n) is 6.95. The largest absolute Gasteiger partial charge is 0.378 e. The standard InChI is InChI=1S/C18H23BrN6O2/c19-13-3-1-2-12(8-13)10-22-18-23-15(16(25(26)27)17(21)24-18)9-11-4-6-14(20)7-5-11/h1-3,8,11,14H,4-7,9-10,20H2,(H3,21,22,23,24). The number of nitrogen functional groups attached to an aromatic ring is 1. The van der Waals surface area contributed by atoms with Gasteiger partial charge in [-0.05, 0) is 55.7 Å². The molecule has 9 heteroatoms. The van der Waals surface area contributed by atoms with Crippen LogP contribution in [0.3, 0.4) is 0 Å². The van der Waals surface area contributed by atoms with Gasteiger partial charge in [-0.1, -0.05) is 28.1 Å². The first-order valence-electron chi connectivity index (χ1n) is 8.97. The Morgan fingerprint density at radius 3 is 2.67 bits per heavy atom. The van der Waals surface area contributed by atoms with Gasteiger partial charge in [0.25, 0.3) is 0 Å². The van der Waals surface area contributed by atoms with Crippen molar-refractivity contribution in [1.29, 1.82) is 0 Å². The summed E-state index contributed by atoms with van der Waals surface area (Å²) in [4.78, 5) is 19.5. The smallest absolute Gasteiger partial charge is 0.332 e. The van der Waals surface area contributed by atoms with Gasteiger partial charge in [-0.25, -0.2) is 4.98 Å². The SMILES string of the molecule is Nc1nc(NCc2cccc(Br)c2)nc(CC2CCC(N)CC2)c1[N+](=O)[O-]. The summed E-state index contributed by atoms with van der Waals surface area (Å²) >= 11 is 3.43. The Morgan fingerprint density at radius 2 is 2.00 bits per heavy atom. The number of nitrogens with zero attached hydrogens (tertiary/aromatic N) is 3. The van der Waals surface area contributed by atoms with Crippen LogP contribution < -0.4 is 16.8 Å². The third kappa shape index (κ3) is 5.14. The van der Waals surface area contributed by atoms with E-state index in [0.717, 1.165) is 35.7 Å². The predicted molar refractivity (Wildman–Crippen MR) is 108 cm³/mol. The fraction of sp³-hybridized carbons (Fsp3) is 0.444. The molecule has 1 fully saturated rings. The van der Waals surface area contributed by atoms with Crippen LogP contribution in [0.5, 0.6) is 0 Å². The van der Waals surface area contributed by atoms with Gasteiger partial charge in [0.1, 0.15) is 5.69 Å². The van der Waals surface area contributed by atoms with Crippen molar-refractivity contribution in [3.05, 3.63) is 50.1 Å². The highest BCUT2D eigenvalue weighted by atomic mass is 79.9. The number of halogens is 1. The monoisotopic (exact) mass is 434 g/mol. The summed E-state index contributed by atoms with van der Waals surface area (Å²) in [5.41, 5.74) is 13.1. The molecule has 0 bridgehead atoms. The minimum absolute atomic E-state index is 0.103. The molecule has 0 atom stereocenters. The topological polar surface area (TPSA) is 133 Å². The van der Waals surface area contributed by atoms with Gasteiger partial charge in [0.2, 0.25) is 11.8 Å². The Kier molecular flexibility index (Phi) is 6.22. The number of nitrogens with one attached hydrogen (secondary N) is 1. The van der Waals surface area contributed by atoms with Gasteiger partial charge < -0.3 is 16.8 Å². The second kappa shape index (κ2) is 8.62. The van der Waals surface area contributed by atoms with Gasteiger partial charge in [-0.3, -0.25) is 10.1 Å². The second-order valence-corrected chi connectivity index (χ2v) is 7.87. The molecule has 0 radical (unpaired) electrons. The van der Waals surface area contributed by atoms with Crippen LogP contribution in [-0.2, 0) is 13.0 Å². The van der Waals surface area contributed by atoms with Crippen LogP contribution in [0.4, 0.5) is 17.5 Å². The molecule has 0 amide bonds. The molecule has 0 spiro atoms. The lowest BCUT2D eigenvalue weighted by Gasteiger charge is -2.25. The molecule has 1 saturated carbocycles. The molecule has 1 aliphatic carbocycles. The van der Waals surface area contributed by atoms with E-state index < -0.39 is 4.92 Å². The van der Waals surface area contributed by atoms with Crippen molar-refractivity contribution in [2.24, 2.45) is 11.7 Å². The Bertz CT molecular complexity index is 823. The van der Waals surface area contributed by atoms with Gasteiger partial charge in [0.15, 0.2) is 0 Å². The molecule has 1 heterocycles. The minimum Gasteiger partial charge on any atom is -0.378 e. The van der Waals surface area contributed by atoms with Crippen molar-refractivity contribution in [1.82, 2.24) is 9.97 Å². The van der Waals surface area contributed by atoms with Crippen LogP contribution in [0.15, 0.2) is 28.7 Å². The maximum Gasteiger partial charge on any atom is 0.332 e. The molecule has 27 heavy (non-hydrogen) atoms. The summed E-state index contributed by atoms with van der Waals surface area (Å²) < 4.78 is 0.974. The first-order valence-corrected chi connectivity index (χ1v) is 9.76. The lowest BCUT2D eigenvalue weighted by molar-refractivity contribution is -0.385. The normalized spacial score (nSPS) is 19.6. The molecular weight excluding hydrogens is 412 g/mol. The van der Waals surface area contributed by atoms with Crippen molar-refractivity contribution < 1.29 is 4.92 Å². The Balaban J connectivity index is 1.79. The Labute approximate surface area is 166 Å². The van der Waals surface area contributed by atoms with E-state index in [4.69, 9.17) is 11.5 Å². The molecule has 1 aromatic carbocycles. The van der Waals surface area contributed by atoms with Crippen LogP contribution in [0.1, 0.15) is 36.9 Å². The number of benzene rings is 1. The van der Waals surface area contributed by atoms with Crippen LogP contribution in [0.25, 0.3) is 0 Å². The van der Waals surface area contributed by atoms with Crippen LogP contribution in [0.2, 0.25) is 0 Å². The summed E-state index contributed by atoms with van der Waals surface area (Å²) in [6, 6.07) is 8.06. The molecule has 0 aliphatic heterocycles. The van der Waals surface area contributed by atoms with E-state index in [1.165, 1.54) is 0 Å². The van der Waals surface area contributed by atoms with Crippen molar-refractivity contribution in [2.45, 2.75) is 44.7 Å². The highest BCUT2D eigenvalue weighted by Crippen LogP contribution is 2.32. The number of rotatable bonds is 6. The lowest BCUT2D eigenvalue weighted by Crippen LogP contribution is -2.27. The van der Waals surface area contributed by atoms with Gasteiger partial charge >= 0.3 is 5.69 Å². The third-order valence-electron chi connectivity index (χ3n) is 4.88. The first-order chi connectivity index (χ1) is 12.9. The molecule has 144 valence electrons. The van der Waals surface area contributed by atoms with E-state index >= 15 is 0 Å². The van der Waals surface area contributed by atoms with Gasteiger partial charge in [0.05, 0.1) is 4.92 Å². The summed E-state index contributed by atoms with van der Waals surface area (Å²) in [7, 11) is 0. The number of nitrogens with two attached hydrogens (primary N) is 2. The van der Waals surface area contributed by atoms with E-state index in [2.05, 4.69) is 31.2 Å². The number of hydrogen-bond donors (Lipinski definition) is 3. The number of nitro groups is 1. The van der Waals surface area contributed by atoms with Crippen molar-refractivity contribution >= 4 is 33.4 Å². The molecule has 2 aromatic rings. The van der Waals surface area contributed by atoms with Crippen molar-refractivity contribution in [2.75, 3.05) is 11.1 Å². The first kappa shape index (κ1) is 19.5. The predicted octanol–water partition coefficient (Wildman–Crippen LogP) is 3.40. The fourth-order valence-electron chi connectivity index (χ4n) is 3.43. The zero-order valence-electron chi connectivity index (χ0n) is 14.9. The molecule has 0 saturated heterocycles. The van der Waals surface area contributed by atoms with Gasteiger partial charge in [0, 0.05) is 17.1 Å². The third-order valence-corrected chi connectivity index (χ3v) is 5.37. The summed E-state index contributed by atoms with van der Waals surface area (Å²) in [6.45, 7) is 0.494.